The molecule has 1 saturated carbocycles. The van der Waals surface area contributed by atoms with Crippen molar-refractivity contribution in [2.75, 3.05) is 26.3 Å². The number of halogens is 2. The van der Waals surface area contributed by atoms with E-state index < -0.39 is 0 Å². The maximum Gasteiger partial charge on any atom is 0.172 e. The Labute approximate surface area is 200 Å². The predicted octanol–water partition coefficient (Wildman–Crippen LogP) is 5.77. The van der Waals surface area contributed by atoms with Gasteiger partial charge in [0.1, 0.15) is 0 Å². The van der Waals surface area contributed by atoms with Gasteiger partial charge in [-0.05, 0) is 46.4 Å². The zero-order chi connectivity index (χ0) is 22.8. The summed E-state index contributed by atoms with van der Waals surface area (Å²) in [5.74, 6) is 0.978. The van der Waals surface area contributed by atoms with Crippen molar-refractivity contribution >= 4 is 29.3 Å². The van der Waals surface area contributed by atoms with E-state index in [1.54, 1.807) is 6.07 Å². The minimum absolute atomic E-state index is 0.0286. The Bertz CT molecular complexity index is 940. The zero-order valence-electron chi connectivity index (χ0n) is 19.2. The van der Waals surface area contributed by atoms with Crippen LogP contribution in [0, 0.1) is 5.41 Å². The SMILES string of the molecule is CC(C)(C)[C@@H](/C=C\c1ccc(Cl)cc1Cl)n1nnnc1C1(N2CCOCC2)CCCCC1. The molecular formula is C24H33Cl2N5O. The van der Waals surface area contributed by atoms with Gasteiger partial charge in [0.2, 0.25) is 0 Å². The number of hydrogen-bond acceptors (Lipinski definition) is 5. The third-order valence-electron chi connectivity index (χ3n) is 6.78. The molecule has 0 spiro atoms. The van der Waals surface area contributed by atoms with Crippen LogP contribution in [0.5, 0.6) is 0 Å². The highest BCUT2D eigenvalue weighted by Gasteiger charge is 2.45. The van der Waals surface area contributed by atoms with Crippen molar-refractivity contribution in [3.8, 4) is 0 Å². The van der Waals surface area contributed by atoms with Gasteiger partial charge in [-0.1, -0.05) is 81.5 Å². The number of rotatable bonds is 5. The van der Waals surface area contributed by atoms with Gasteiger partial charge in [0.15, 0.2) is 5.82 Å². The Kier molecular flexibility index (Phi) is 7.25. The quantitative estimate of drug-likeness (QED) is 0.546. The fourth-order valence-corrected chi connectivity index (χ4v) is 5.54. The van der Waals surface area contributed by atoms with Crippen LogP contribution in [0.1, 0.15) is 70.3 Å². The molecule has 174 valence electrons. The van der Waals surface area contributed by atoms with E-state index in [9.17, 15) is 0 Å². The molecule has 0 bridgehead atoms. The van der Waals surface area contributed by atoms with Crippen LogP contribution in [0.15, 0.2) is 24.3 Å². The van der Waals surface area contributed by atoms with Crippen LogP contribution in [0.25, 0.3) is 6.08 Å². The van der Waals surface area contributed by atoms with Crippen LogP contribution >= 0.6 is 23.2 Å². The second kappa shape index (κ2) is 9.80. The van der Waals surface area contributed by atoms with Crippen LogP contribution < -0.4 is 0 Å². The predicted molar refractivity (Wildman–Crippen MR) is 129 cm³/mol. The number of allylic oxidation sites excluding steroid dienone is 1. The fourth-order valence-electron chi connectivity index (χ4n) is 5.07. The Hall–Kier alpha value is -1.47. The highest BCUT2D eigenvalue weighted by atomic mass is 35.5. The summed E-state index contributed by atoms with van der Waals surface area (Å²) in [5.41, 5.74) is 0.696. The van der Waals surface area contributed by atoms with E-state index in [4.69, 9.17) is 27.9 Å². The lowest BCUT2D eigenvalue weighted by Gasteiger charge is -2.47. The first kappa shape index (κ1) is 23.7. The van der Waals surface area contributed by atoms with E-state index in [1.807, 2.05) is 12.1 Å². The van der Waals surface area contributed by atoms with Crippen molar-refractivity contribution in [2.45, 2.75) is 64.5 Å². The maximum absolute atomic E-state index is 6.43. The van der Waals surface area contributed by atoms with E-state index >= 15 is 0 Å². The summed E-state index contributed by atoms with van der Waals surface area (Å²) in [5, 5.41) is 14.6. The van der Waals surface area contributed by atoms with Gasteiger partial charge in [0.25, 0.3) is 0 Å². The van der Waals surface area contributed by atoms with Crippen LogP contribution in [0.3, 0.4) is 0 Å². The molecule has 0 N–H and O–H groups in total. The van der Waals surface area contributed by atoms with Crippen molar-refractivity contribution in [3.63, 3.8) is 0 Å². The van der Waals surface area contributed by atoms with Crippen LogP contribution in [-0.2, 0) is 10.3 Å². The number of benzene rings is 1. The molecule has 2 aliphatic rings. The van der Waals surface area contributed by atoms with Crippen LogP contribution in [0.4, 0.5) is 0 Å². The van der Waals surface area contributed by atoms with Crippen LogP contribution in [0.2, 0.25) is 10.0 Å². The molecule has 1 aromatic heterocycles. The standard InChI is InChI=1S/C24H33Cl2N5O/c1-23(2,3)21(10-8-18-7-9-19(25)17-20(18)26)31-22(27-28-29-31)24(11-5-4-6-12-24)30-13-15-32-16-14-30/h7-10,17,21H,4-6,11-16H2,1-3H3/b10-8-/t21-/m1/s1. The second-order valence-electron chi connectivity index (χ2n) is 9.97. The first-order valence-corrected chi connectivity index (χ1v) is 12.3. The molecule has 8 heteroatoms. The summed E-state index contributed by atoms with van der Waals surface area (Å²) in [6.07, 6.45) is 10.0. The smallest absolute Gasteiger partial charge is 0.172 e. The van der Waals surface area contributed by atoms with Crippen molar-refractivity contribution in [3.05, 3.63) is 45.7 Å². The molecule has 1 saturated heterocycles. The molecule has 1 aliphatic carbocycles. The Morgan fingerprint density at radius 3 is 2.47 bits per heavy atom. The molecule has 2 heterocycles. The third-order valence-corrected chi connectivity index (χ3v) is 7.34. The van der Waals surface area contributed by atoms with Crippen molar-refractivity contribution in [1.82, 2.24) is 25.1 Å². The van der Waals surface area contributed by atoms with Gasteiger partial charge in [-0.3, -0.25) is 4.90 Å². The average Bonchev–Trinajstić information content (AvgIpc) is 3.25. The summed E-state index contributed by atoms with van der Waals surface area (Å²) in [7, 11) is 0. The van der Waals surface area contributed by atoms with E-state index in [0.29, 0.717) is 10.0 Å². The van der Waals surface area contributed by atoms with E-state index in [2.05, 4.69) is 58.0 Å². The topological polar surface area (TPSA) is 56.1 Å². The Balaban J connectivity index is 1.74. The van der Waals surface area contributed by atoms with Crippen LogP contribution in [-0.4, -0.2) is 51.4 Å². The molecule has 4 rings (SSSR count). The normalized spacial score (nSPS) is 21.2. The highest BCUT2D eigenvalue weighted by Crippen LogP contribution is 2.44. The number of hydrogen-bond donors (Lipinski definition) is 0. The zero-order valence-corrected chi connectivity index (χ0v) is 20.7. The first-order valence-electron chi connectivity index (χ1n) is 11.6. The third kappa shape index (κ3) is 4.89. The lowest BCUT2D eigenvalue weighted by atomic mass is 9.78. The summed E-state index contributed by atoms with van der Waals surface area (Å²) in [6, 6.07) is 5.54. The lowest BCUT2D eigenvalue weighted by Crippen LogP contribution is -2.54. The highest BCUT2D eigenvalue weighted by molar-refractivity contribution is 6.35. The molecule has 1 atom stereocenters. The average molecular weight is 478 g/mol. The largest absolute Gasteiger partial charge is 0.379 e. The first-order chi connectivity index (χ1) is 15.3. The monoisotopic (exact) mass is 477 g/mol. The van der Waals surface area contributed by atoms with Gasteiger partial charge in [0.05, 0.1) is 24.8 Å². The summed E-state index contributed by atoms with van der Waals surface area (Å²) < 4.78 is 7.72. The number of morpholine rings is 1. The van der Waals surface area contributed by atoms with E-state index in [-0.39, 0.29) is 17.0 Å². The minimum Gasteiger partial charge on any atom is -0.379 e. The van der Waals surface area contributed by atoms with Gasteiger partial charge in [-0.25, -0.2) is 4.68 Å². The minimum atomic E-state index is -0.138. The lowest BCUT2D eigenvalue weighted by molar-refractivity contribution is -0.0470. The maximum atomic E-state index is 6.43. The second-order valence-corrected chi connectivity index (χ2v) is 10.8. The number of ether oxygens (including phenoxy) is 1. The van der Waals surface area contributed by atoms with E-state index in [0.717, 1.165) is 50.5 Å². The Morgan fingerprint density at radius 2 is 1.81 bits per heavy atom. The van der Waals surface area contributed by atoms with Gasteiger partial charge in [-0.2, -0.15) is 0 Å². The molecule has 0 amide bonds. The van der Waals surface area contributed by atoms with Gasteiger partial charge in [-0.15, -0.1) is 5.10 Å². The Morgan fingerprint density at radius 1 is 1.09 bits per heavy atom. The van der Waals surface area contributed by atoms with E-state index in [1.165, 1.54) is 19.3 Å². The summed E-state index contributed by atoms with van der Waals surface area (Å²) in [6.45, 7) is 10.0. The molecule has 6 nitrogen and oxygen atoms in total. The van der Waals surface area contributed by atoms with Gasteiger partial charge >= 0.3 is 0 Å². The number of tetrazole rings is 1. The number of nitrogens with zero attached hydrogens (tertiary/aromatic N) is 5. The summed E-state index contributed by atoms with van der Waals surface area (Å²) >= 11 is 12.5. The molecular weight excluding hydrogens is 445 g/mol. The molecule has 2 aromatic rings. The van der Waals surface area contributed by atoms with Gasteiger partial charge in [0, 0.05) is 23.1 Å². The van der Waals surface area contributed by atoms with Gasteiger partial charge < -0.3 is 4.74 Å². The van der Waals surface area contributed by atoms with Crippen molar-refractivity contribution in [1.29, 1.82) is 0 Å². The summed E-state index contributed by atoms with van der Waals surface area (Å²) in [4.78, 5) is 2.57. The van der Waals surface area contributed by atoms with Crippen molar-refractivity contribution in [2.24, 2.45) is 5.41 Å². The molecule has 1 aromatic carbocycles. The van der Waals surface area contributed by atoms with Crippen molar-refractivity contribution < 1.29 is 4.74 Å². The fraction of sp³-hybridized carbons (Fsp3) is 0.625. The molecule has 0 unspecified atom stereocenters. The molecule has 2 fully saturated rings. The molecule has 0 radical (unpaired) electrons. The molecule has 32 heavy (non-hydrogen) atoms. The molecule has 1 aliphatic heterocycles. The number of aromatic nitrogens is 4.